The standard InChI is InChI=1S/C18H13ClN4OS/c19-15-8-14(7-6-13(15)9-20)22-17(24)11-25-18-21-10-16(23-18)12-4-2-1-3-5-12/h1-8,10H,11H2,(H,21,23)(H,22,24). The minimum atomic E-state index is -0.177. The molecule has 5 nitrogen and oxygen atoms in total. The lowest BCUT2D eigenvalue weighted by molar-refractivity contribution is -0.113. The molecule has 0 saturated heterocycles. The van der Waals surface area contributed by atoms with Crippen molar-refractivity contribution in [1.29, 1.82) is 5.26 Å². The van der Waals surface area contributed by atoms with E-state index >= 15 is 0 Å². The molecule has 3 aromatic rings. The van der Waals surface area contributed by atoms with Gasteiger partial charge in [0.1, 0.15) is 6.07 Å². The number of carbonyl (C=O) groups excluding carboxylic acids is 1. The van der Waals surface area contributed by atoms with E-state index in [1.54, 1.807) is 24.4 Å². The van der Waals surface area contributed by atoms with Crippen LogP contribution in [0.3, 0.4) is 0 Å². The van der Waals surface area contributed by atoms with Crippen molar-refractivity contribution in [3.8, 4) is 17.3 Å². The molecule has 25 heavy (non-hydrogen) atoms. The molecule has 0 radical (unpaired) electrons. The Labute approximate surface area is 154 Å². The highest BCUT2D eigenvalue weighted by Gasteiger charge is 2.08. The molecule has 2 N–H and O–H groups in total. The third-order valence-corrected chi connectivity index (χ3v) is 4.55. The first-order valence-corrected chi connectivity index (χ1v) is 8.75. The van der Waals surface area contributed by atoms with Crippen molar-refractivity contribution < 1.29 is 4.79 Å². The van der Waals surface area contributed by atoms with Gasteiger partial charge in [-0.1, -0.05) is 53.7 Å². The number of thioether (sulfide) groups is 1. The van der Waals surface area contributed by atoms with Gasteiger partial charge in [-0.2, -0.15) is 5.26 Å². The Balaban J connectivity index is 1.57. The van der Waals surface area contributed by atoms with Gasteiger partial charge < -0.3 is 10.3 Å². The van der Waals surface area contributed by atoms with E-state index in [1.165, 1.54) is 11.8 Å². The predicted molar refractivity (Wildman–Crippen MR) is 99.5 cm³/mol. The first-order chi connectivity index (χ1) is 12.2. The van der Waals surface area contributed by atoms with E-state index in [1.807, 2.05) is 36.4 Å². The Kier molecular flexibility index (Phi) is 5.39. The monoisotopic (exact) mass is 368 g/mol. The van der Waals surface area contributed by atoms with Crippen molar-refractivity contribution in [1.82, 2.24) is 9.97 Å². The highest BCUT2D eigenvalue weighted by atomic mass is 35.5. The van der Waals surface area contributed by atoms with E-state index in [9.17, 15) is 4.79 Å². The third-order valence-electron chi connectivity index (χ3n) is 3.35. The summed E-state index contributed by atoms with van der Waals surface area (Å²) in [6, 6.07) is 16.6. The van der Waals surface area contributed by atoms with Crippen molar-refractivity contribution in [3.05, 3.63) is 65.3 Å². The molecular formula is C18H13ClN4OS. The maximum absolute atomic E-state index is 12.0. The van der Waals surface area contributed by atoms with Gasteiger partial charge in [0.2, 0.25) is 5.91 Å². The number of nitrogens with zero attached hydrogens (tertiary/aromatic N) is 2. The normalized spacial score (nSPS) is 10.2. The number of imidazole rings is 1. The van der Waals surface area contributed by atoms with E-state index in [-0.39, 0.29) is 11.7 Å². The number of benzene rings is 2. The molecule has 0 bridgehead atoms. The summed E-state index contributed by atoms with van der Waals surface area (Å²) in [6.07, 6.45) is 1.75. The van der Waals surface area contributed by atoms with E-state index in [4.69, 9.17) is 16.9 Å². The van der Waals surface area contributed by atoms with Crippen LogP contribution in [0.5, 0.6) is 0 Å². The molecular weight excluding hydrogens is 356 g/mol. The van der Waals surface area contributed by atoms with Gasteiger partial charge in [0, 0.05) is 5.69 Å². The molecule has 0 aliphatic heterocycles. The number of nitrogens with one attached hydrogen (secondary N) is 2. The lowest BCUT2D eigenvalue weighted by Crippen LogP contribution is -2.14. The Morgan fingerprint density at radius 3 is 2.80 bits per heavy atom. The van der Waals surface area contributed by atoms with E-state index < -0.39 is 0 Å². The quantitative estimate of drug-likeness (QED) is 0.656. The number of amides is 1. The molecule has 0 fully saturated rings. The number of hydrogen-bond acceptors (Lipinski definition) is 4. The van der Waals surface area contributed by atoms with Gasteiger partial charge in [-0.05, 0) is 23.8 Å². The highest BCUT2D eigenvalue weighted by molar-refractivity contribution is 7.99. The Morgan fingerprint density at radius 1 is 1.28 bits per heavy atom. The van der Waals surface area contributed by atoms with Crippen molar-refractivity contribution in [2.75, 3.05) is 11.1 Å². The topological polar surface area (TPSA) is 81.6 Å². The molecule has 0 spiro atoms. The third kappa shape index (κ3) is 4.41. The van der Waals surface area contributed by atoms with Crippen LogP contribution >= 0.6 is 23.4 Å². The minimum absolute atomic E-state index is 0.177. The zero-order valence-electron chi connectivity index (χ0n) is 13.0. The maximum Gasteiger partial charge on any atom is 0.234 e. The Bertz CT molecular complexity index is 934. The van der Waals surface area contributed by atoms with Crippen LogP contribution in [0, 0.1) is 11.3 Å². The number of rotatable bonds is 5. The Morgan fingerprint density at radius 2 is 2.08 bits per heavy atom. The molecule has 1 amide bonds. The molecule has 1 heterocycles. The fourth-order valence-electron chi connectivity index (χ4n) is 2.16. The molecule has 124 valence electrons. The molecule has 0 saturated carbocycles. The fourth-order valence-corrected chi connectivity index (χ4v) is 3.03. The number of anilines is 1. The van der Waals surface area contributed by atoms with Crippen molar-refractivity contribution in [3.63, 3.8) is 0 Å². The maximum atomic E-state index is 12.0. The summed E-state index contributed by atoms with van der Waals surface area (Å²) < 4.78 is 0. The van der Waals surface area contributed by atoms with E-state index in [2.05, 4.69) is 15.3 Å². The first-order valence-electron chi connectivity index (χ1n) is 7.38. The largest absolute Gasteiger partial charge is 0.333 e. The second kappa shape index (κ2) is 7.88. The lowest BCUT2D eigenvalue weighted by atomic mass is 10.2. The van der Waals surface area contributed by atoms with Crippen LogP contribution in [-0.2, 0) is 4.79 Å². The van der Waals surface area contributed by atoms with Gasteiger partial charge in [-0.15, -0.1) is 0 Å². The summed E-state index contributed by atoms with van der Waals surface area (Å²) in [5, 5.41) is 12.6. The number of H-pyrrole nitrogens is 1. The number of hydrogen-bond donors (Lipinski definition) is 2. The predicted octanol–water partition coefficient (Wildman–Crippen LogP) is 4.33. The van der Waals surface area contributed by atoms with Crippen molar-refractivity contribution in [2.45, 2.75) is 5.16 Å². The minimum Gasteiger partial charge on any atom is -0.333 e. The van der Waals surface area contributed by atoms with Crippen LogP contribution in [0.2, 0.25) is 5.02 Å². The molecule has 3 rings (SSSR count). The average Bonchev–Trinajstić information content (AvgIpc) is 3.10. The summed E-state index contributed by atoms with van der Waals surface area (Å²) in [5.74, 6) is 0.0303. The summed E-state index contributed by atoms with van der Waals surface area (Å²) in [5.41, 5.74) is 2.87. The number of nitriles is 1. The zero-order chi connectivity index (χ0) is 17.6. The smallest absolute Gasteiger partial charge is 0.234 e. The number of halogens is 1. The van der Waals surface area contributed by atoms with Gasteiger partial charge in [0.15, 0.2) is 5.16 Å². The molecule has 1 aromatic heterocycles. The molecule has 0 atom stereocenters. The summed E-state index contributed by atoms with van der Waals surface area (Å²) in [4.78, 5) is 19.5. The van der Waals surface area contributed by atoms with Crippen LogP contribution in [0.4, 0.5) is 5.69 Å². The van der Waals surface area contributed by atoms with Crippen LogP contribution in [0.1, 0.15) is 5.56 Å². The number of carbonyl (C=O) groups is 1. The summed E-state index contributed by atoms with van der Waals surface area (Å²) in [7, 11) is 0. The van der Waals surface area contributed by atoms with Gasteiger partial charge in [-0.3, -0.25) is 4.79 Å². The molecule has 0 aliphatic rings. The SMILES string of the molecule is N#Cc1ccc(NC(=O)CSc2ncc(-c3ccccc3)[nH]2)cc1Cl. The Hall–Kier alpha value is -2.75. The van der Waals surface area contributed by atoms with Crippen LogP contribution in [0.25, 0.3) is 11.3 Å². The van der Waals surface area contributed by atoms with Crippen LogP contribution < -0.4 is 5.32 Å². The molecule has 2 aromatic carbocycles. The van der Waals surface area contributed by atoms with Gasteiger partial charge >= 0.3 is 0 Å². The molecule has 0 aliphatic carbocycles. The second-order valence-electron chi connectivity index (χ2n) is 5.11. The van der Waals surface area contributed by atoms with E-state index in [0.29, 0.717) is 21.4 Å². The van der Waals surface area contributed by atoms with E-state index in [0.717, 1.165) is 11.3 Å². The van der Waals surface area contributed by atoms with Gasteiger partial charge in [-0.25, -0.2) is 4.98 Å². The zero-order valence-corrected chi connectivity index (χ0v) is 14.6. The molecule has 0 unspecified atom stereocenters. The lowest BCUT2D eigenvalue weighted by Gasteiger charge is -2.05. The highest BCUT2D eigenvalue weighted by Crippen LogP contribution is 2.22. The van der Waals surface area contributed by atoms with Gasteiger partial charge in [0.25, 0.3) is 0 Å². The number of aromatic nitrogens is 2. The van der Waals surface area contributed by atoms with Crippen LogP contribution in [0.15, 0.2) is 59.9 Å². The van der Waals surface area contributed by atoms with Crippen LogP contribution in [-0.4, -0.2) is 21.6 Å². The second-order valence-corrected chi connectivity index (χ2v) is 6.48. The summed E-state index contributed by atoms with van der Waals surface area (Å²) >= 11 is 7.26. The van der Waals surface area contributed by atoms with Gasteiger partial charge in [0.05, 0.1) is 28.2 Å². The van der Waals surface area contributed by atoms with Crippen molar-refractivity contribution in [2.24, 2.45) is 0 Å². The van der Waals surface area contributed by atoms with Crippen molar-refractivity contribution >= 4 is 35.0 Å². The first kappa shape index (κ1) is 17.1. The molecule has 7 heteroatoms. The fraction of sp³-hybridized carbons (Fsp3) is 0.0556. The summed E-state index contributed by atoms with van der Waals surface area (Å²) in [6.45, 7) is 0. The number of aromatic amines is 1. The average molecular weight is 369 g/mol.